The molecule has 1 aliphatic carbocycles. The molecule has 0 heterocycles. The molecule has 0 aromatic heterocycles. The molecule has 0 fully saturated rings. The molecular formula is C8H11Mn. The summed E-state index contributed by atoms with van der Waals surface area (Å²) in [6.07, 6.45) is 1.12. The predicted molar refractivity (Wildman–Crippen MR) is 35.7 cm³/mol. The van der Waals surface area contributed by atoms with E-state index in [1.807, 2.05) is 0 Å². The number of hydrogen-bond acceptors (Lipinski definition) is 0. The molecule has 50 valence electrons. The van der Waals surface area contributed by atoms with Crippen LogP contribution in [0.5, 0.6) is 0 Å². The average Bonchev–Trinajstić information content (AvgIpc) is 1.98. The molecule has 0 aromatic rings. The first-order chi connectivity index (χ1) is 4.13. The van der Waals surface area contributed by atoms with Gasteiger partial charge in [0.05, 0.1) is 0 Å². The van der Waals surface area contributed by atoms with Crippen LogP contribution >= 0.6 is 0 Å². The van der Waals surface area contributed by atoms with E-state index in [9.17, 15) is 0 Å². The Hall–Kier alpha value is -0.000519. The molecule has 0 nitrogen and oxygen atoms in total. The molecule has 0 unspecified atom stereocenters. The van der Waals surface area contributed by atoms with Crippen LogP contribution in [0.1, 0.15) is 27.2 Å². The molecule has 1 rings (SSSR count). The second-order valence-corrected chi connectivity index (χ2v) is 3.32. The summed E-state index contributed by atoms with van der Waals surface area (Å²) < 4.78 is 1.36. The van der Waals surface area contributed by atoms with Crippen LogP contribution in [-0.4, -0.2) is 0 Å². The van der Waals surface area contributed by atoms with Gasteiger partial charge in [-0.1, -0.05) is 0 Å². The summed E-state index contributed by atoms with van der Waals surface area (Å²) in [5, 5.41) is 0. The normalized spacial score (nSPS) is 20.0. The topological polar surface area (TPSA) is 0 Å². The molecule has 0 bridgehead atoms. The van der Waals surface area contributed by atoms with E-state index in [-0.39, 0.29) is 0 Å². The van der Waals surface area contributed by atoms with Gasteiger partial charge in [-0.25, -0.2) is 0 Å². The fraction of sp³-hybridized carbons (Fsp3) is 0.500. The van der Waals surface area contributed by atoms with Gasteiger partial charge in [0.15, 0.2) is 0 Å². The van der Waals surface area contributed by atoms with E-state index in [0.717, 1.165) is 6.42 Å². The van der Waals surface area contributed by atoms with E-state index in [4.69, 9.17) is 0 Å². The number of allylic oxidation sites excluding steroid dienone is 4. The van der Waals surface area contributed by atoms with Crippen LogP contribution < -0.4 is 0 Å². The predicted octanol–water partition coefficient (Wildman–Crippen LogP) is 2.55. The van der Waals surface area contributed by atoms with E-state index in [0.29, 0.717) is 0 Å². The van der Waals surface area contributed by atoms with Crippen LogP contribution in [0.4, 0.5) is 0 Å². The molecule has 0 radical (unpaired) electrons. The third-order valence-corrected chi connectivity index (χ3v) is 2.68. The van der Waals surface area contributed by atoms with Gasteiger partial charge in [0.2, 0.25) is 0 Å². The summed E-state index contributed by atoms with van der Waals surface area (Å²) >= 11 is 3.52. The van der Waals surface area contributed by atoms with Gasteiger partial charge < -0.3 is 0 Å². The van der Waals surface area contributed by atoms with Crippen LogP contribution in [0.2, 0.25) is 0 Å². The van der Waals surface area contributed by atoms with Crippen LogP contribution in [-0.2, 0) is 16.0 Å². The summed E-state index contributed by atoms with van der Waals surface area (Å²) in [5.41, 5.74) is 4.38. The van der Waals surface area contributed by atoms with Gasteiger partial charge in [-0.2, -0.15) is 0 Å². The standard InChI is InChI=1S/C8H11.Mn/c1-6-4-5-7(2)8(6)3;/h4H2,1-3H3;. The maximum atomic E-state index is 3.52. The summed E-state index contributed by atoms with van der Waals surface area (Å²) in [6, 6.07) is 0. The summed E-state index contributed by atoms with van der Waals surface area (Å²) in [5.74, 6) is 0. The van der Waals surface area contributed by atoms with E-state index in [2.05, 4.69) is 36.8 Å². The van der Waals surface area contributed by atoms with E-state index < -0.39 is 0 Å². The Morgan fingerprint density at radius 3 is 1.78 bits per heavy atom. The second kappa shape index (κ2) is 2.32. The van der Waals surface area contributed by atoms with Gasteiger partial charge >= 0.3 is 64.4 Å². The Bertz CT molecular complexity index is 175. The second-order valence-electron chi connectivity index (χ2n) is 2.61. The van der Waals surface area contributed by atoms with Crippen molar-refractivity contribution in [2.45, 2.75) is 27.2 Å². The minimum absolute atomic E-state index is 1.12. The minimum atomic E-state index is 1.12. The monoisotopic (exact) mass is 162 g/mol. The first kappa shape index (κ1) is 7.11. The van der Waals surface area contributed by atoms with Crippen LogP contribution in [0, 0.1) is 0 Å². The number of hydrogen-bond donors (Lipinski definition) is 0. The van der Waals surface area contributed by atoms with Crippen molar-refractivity contribution in [1.29, 1.82) is 0 Å². The first-order valence-electron chi connectivity index (χ1n) is 3.15. The van der Waals surface area contributed by atoms with Crippen molar-refractivity contribution in [2.24, 2.45) is 0 Å². The molecule has 0 N–H and O–H groups in total. The van der Waals surface area contributed by atoms with Crippen LogP contribution in [0.15, 0.2) is 21.2 Å². The van der Waals surface area contributed by atoms with Gasteiger partial charge in [0, 0.05) is 0 Å². The van der Waals surface area contributed by atoms with E-state index in [1.165, 1.54) is 21.2 Å². The van der Waals surface area contributed by atoms with Crippen molar-refractivity contribution in [2.75, 3.05) is 0 Å². The third-order valence-electron chi connectivity index (χ3n) is 2.03. The van der Waals surface area contributed by atoms with Crippen molar-refractivity contribution in [3.63, 3.8) is 0 Å². The zero-order chi connectivity index (χ0) is 7.02. The first-order valence-corrected chi connectivity index (χ1v) is 3.74. The Kier molecular flexibility index (Phi) is 1.83. The number of rotatable bonds is 0. The molecule has 0 spiro atoms. The van der Waals surface area contributed by atoms with Crippen molar-refractivity contribution in [3.05, 3.63) is 21.2 Å². The fourth-order valence-corrected chi connectivity index (χ4v) is 1.56. The van der Waals surface area contributed by atoms with Crippen molar-refractivity contribution in [3.8, 4) is 0 Å². The van der Waals surface area contributed by atoms with Crippen molar-refractivity contribution < 1.29 is 16.0 Å². The molecular weight excluding hydrogens is 151 g/mol. The van der Waals surface area contributed by atoms with Gasteiger partial charge in [-0.3, -0.25) is 0 Å². The molecule has 1 heteroatoms. The SMILES string of the molecule is CC1=C(C)C(C)=[C]([Mn])C1. The van der Waals surface area contributed by atoms with E-state index >= 15 is 0 Å². The molecule has 0 saturated heterocycles. The van der Waals surface area contributed by atoms with E-state index in [1.54, 1.807) is 0 Å². The van der Waals surface area contributed by atoms with Gasteiger partial charge in [-0.05, 0) is 0 Å². The fourth-order valence-electron chi connectivity index (χ4n) is 1.02. The molecule has 0 atom stereocenters. The summed E-state index contributed by atoms with van der Waals surface area (Å²) in [7, 11) is 0. The zero-order valence-corrected chi connectivity index (χ0v) is 7.27. The maximum absolute atomic E-state index is 3.52. The molecule has 9 heavy (non-hydrogen) atoms. The quantitative estimate of drug-likeness (QED) is 0.480. The third kappa shape index (κ3) is 1.12. The van der Waals surface area contributed by atoms with Gasteiger partial charge in [0.1, 0.15) is 0 Å². The summed E-state index contributed by atoms with van der Waals surface area (Å²) in [6.45, 7) is 6.53. The molecule has 0 saturated carbocycles. The average molecular weight is 162 g/mol. The van der Waals surface area contributed by atoms with Crippen molar-refractivity contribution >= 4 is 0 Å². The van der Waals surface area contributed by atoms with Crippen LogP contribution in [0.25, 0.3) is 0 Å². The van der Waals surface area contributed by atoms with Crippen molar-refractivity contribution in [1.82, 2.24) is 0 Å². The molecule has 0 amide bonds. The Morgan fingerprint density at radius 2 is 1.67 bits per heavy atom. The van der Waals surface area contributed by atoms with Crippen LogP contribution in [0.3, 0.4) is 0 Å². The zero-order valence-electron chi connectivity index (χ0n) is 6.09. The van der Waals surface area contributed by atoms with Gasteiger partial charge in [-0.15, -0.1) is 0 Å². The molecule has 0 aromatic carbocycles. The molecule has 1 aliphatic rings. The van der Waals surface area contributed by atoms with Gasteiger partial charge in [0.25, 0.3) is 0 Å². The Balaban J connectivity index is 2.97. The Labute approximate surface area is 64.8 Å². The molecule has 0 aliphatic heterocycles. The Morgan fingerprint density at radius 1 is 1.11 bits per heavy atom. The summed E-state index contributed by atoms with van der Waals surface area (Å²) in [4.78, 5) is 0.